The Morgan fingerprint density at radius 3 is 2.56 bits per heavy atom. The van der Waals surface area contributed by atoms with Crippen molar-refractivity contribution in [2.24, 2.45) is 0 Å². The number of sulfonamides is 1. The van der Waals surface area contributed by atoms with Gasteiger partial charge in [0.05, 0.1) is 36.3 Å². The molecule has 1 aromatic heterocycles. The molecule has 5 rings (SSSR count). The van der Waals surface area contributed by atoms with Crippen LogP contribution in [0.5, 0.6) is 0 Å². The van der Waals surface area contributed by atoms with E-state index < -0.39 is 39.5 Å². The van der Waals surface area contributed by atoms with Crippen molar-refractivity contribution in [1.29, 1.82) is 0 Å². The molecule has 0 unspecified atom stereocenters. The summed E-state index contributed by atoms with van der Waals surface area (Å²) in [5.74, 6) is 0.121. The highest BCUT2D eigenvalue weighted by molar-refractivity contribution is 7.96. The number of morpholine rings is 1. The van der Waals surface area contributed by atoms with Gasteiger partial charge in [0.2, 0.25) is 16.0 Å². The van der Waals surface area contributed by atoms with Gasteiger partial charge in [-0.2, -0.15) is 17.5 Å². The Balaban J connectivity index is 1.43. The molecule has 0 spiro atoms. The number of aromatic nitrogens is 2. The first-order valence-electron chi connectivity index (χ1n) is 12.6. The van der Waals surface area contributed by atoms with Crippen molar-refractivity contribution >= 4 is 33.1 Å². The van der Waals surface area contributed by atoms with Crippen LogP contribution in [-0.2, 0) is 20.4 Å². The summed E-state index contributed by atoms with van der Waals surface area (Å²) in [5, 5.41) is 20.5. The average Bonchev–Trinajstić information content (AvgIpc) is 3.04. The van der Waals surface area contributed by atoms with Crippen molar-refractivity contribution in [1.82, 2.24) is 19.2 Å². The number of aliphatic hydroxyl groups excluding tert-OH is 1. The number of halogens is 3. The summed E-state index contributed by atoms with van der Waals surface area (Å²) < 4.78 is 74.0. The first-order chi connectivity index (χ1) is 18.3. The van der Waals surface area contributed by atoms with Crippen LogP contribution >= 0.6 is 12.2 Å². The van der Waals surface area contributed by atoms with E-state index in [1.165, 1.54) is 10.4 Å². The number of fused-ring (bicyclic) bond motifs is 2. The van der Waals surface area contributed by atoms with Crippen LogP contribution in [0.15, 0.2) is 35.5 Å². The number of rotatable bonds is 6. The SMILES string of the molecule is C[C@@](O)(c1cnc(N2CCN(S(=O)(=O)C3=CC=CCC3=S)C[C@@H]2CN2[C@H]3COC[C@@H]2[C@H](O)C3)nc1)C(F)(F)F. The first kappa shape index (κ1) is 28.5. The van der Waals surface area contributed by atoms with E-state index in [4.69, 9.17) is 17.0 Å². The molecule has 3 fully saturated rings. The molecule has 10 nitrogen and oxygen atoms in total. The lowest BCUT2D eigenvalue weighted by Crippen LogP contribution is -2.61. The second-order valence-corrected chi connectivity index (χ2v) is 12.8. The van der Waals surface area contributed by atoms with Gasteiger partial charge in [-0.3, -0.25) is 4.90 Å². The summed E-state index contributed by atoms with van der Waals surface area (Å²) in [4.78, 5) is 12.6. The third-order valence-corrected chi connectivity index (χ3v) is 10.4. The summed E-state index contributed by atoms with van der Waals surface area (Å²) in [5.41, 5.74) is -3.63. The van der Waals surface area contributed by atoms with Gasteiger partial charge in [0.25, 0.3) is 0 Å². The zero-order chi connectivity index (χ0) is 28.2. The fraction of sp³-hybridized carbons (Fsp3) is 0.625. The molecule has 39 heavy (non-hydrogen) atoms. The van der Waals surface area contributed by atoms with Gasteiger partial charge in [0.15, 0.2) is 5.60 Å². The van der Waals surface area contributed by atoms with E-state index in [1.54, 1.807) is 17.1 Å². The molecule has 214 valence electrons. The van der Waals surface area contributed by atoms with Crippen molar-refractivity contribution in [2.75, 3.05) is 44.3 Å². The van der Waals surface area contributed by atoms with E-state index in [2.05, 4.69) is 14.9 Å². The van der Waals surface area contributed by atoms with Crippen LogP contribution < -0.4 is 4.90 Å². The van der Waals surface area contributed by atoms with E-state index in [0.717, 1.165) is 12.4 Å². The summed E-state index contributed by atoms with van der Waals surface area (Å²) in [7, 11) is -3.89. The fourth-order valence-corrected chi connectivity index (χ4v) is 7.60. The van der Waals surface area contributed by atoms with Crippen LogP contribution in [0.2, 0.25) is 0 Å². The van der Waals surface area contributed by atoms with Gasteiger partial charge in [-0.05, 0) is 19.4 Å². The molecule has 4 aliphatic rings. The van der Waals surface area contributed by atoms with Gasteiger partial charge in [-0.25, -0.2) is 18.4 Å². The van der Waals surface area contributed by atoms with Gasteiger partial charge < -0.3 is 19.8 Å². The lowest BCUT2D eigenvalue weighted by atomic mass is 9.99. The number of hydrogen-bond donors (Lipinski definition) is 2. The predicted molar refractivity (Wildman–Crippen MR) is 139 cm³/mol. The summed E-state index contributed by atoms with van der Waals surface area (Å²) >= 11 is 5.32. The Labute approximate surface area is 229 Å². The zero-order valence-corrected chi connectivity index (χ0v) is 22.8. The Morgan fingerprint density at radius 1 is 1.21 bits per heavy atom. The summed E-state index contributed by atoms with van der Waals surface area (Å²) in [6.45, 7) is 2.10. The topological polar surface area (TPSA) is 119 Å². The highest BCUT2D eigenvalue weighted by atomic mass is 32.2. The smallest absolute Gasteiger partial charge is 0.391 e. The van der Waals surface area contributed by atoms with Crippen LogP contribution in [0.3, 0.4) is 0 Å². The van der Waals surface area contributed by atoms with Crippen LogP contribution in [-0.4, -0.2) is 112 Å². The predicted octanol–water partition coefficient (Wildman–Crippen LogP) is 1.11. The second kappa shape index (κ2) is 10.4. The Morgan fingerprint density at radius 2 is 1.92 bits per heavy atom. The fourth-order valence-electron chi connectivity index (χ4n) is 5.53. The number of ether oxygens (including phenoxy) is 1. The monoisotopic (exact) mass is 589 g/mol. The van der Waals surface area contributed by atoms with E-state index in [0.29, 0.717) is 44.4 Å². The lowest BCUT2D eigenvalue weighted by molar-refractivity contribution is -0.259. The van der Waals surface area contributed by atoms with Crippen molar-refractivity contribution in [3.05, 3.63) is 41.1 Å². The number of piperazine rings is 1. The number of hydrogen-bond acceptors (Lipinski definition) is 10. The van der Waals surface area contributed by atoms with Gasteiger partial charge >= 0.3 is 6.18 Å². The molecular weight excluding hydrogens is 559 g/mol. The van der Waals surface area contributed by atoms with Gasteiger partial charge in [-0.15, -0.1) is 0 Å². The van der Waals surface area contributed by atoms with Crippen LogP contribution in [0.4, 0.5) is 19.1 Å². The molecule has 3 aliphatic heterocycles. The van der Waals surface area contributed by atoms with Crippen molar-refractivity contribution in [2.45, 2.75) is 55.8 Å². The molecular formula is C24H30F3N5O5S2. The second-order valence-electron chi connectivity index (χ2n) is 10.4. The van der Waals surface area contributed by atoms with Crippen molar-refractivity contribution < 1.29 is 36.5 Å². The molecule has 1 aromatic rings. The van der Waals surface area contributed by atoms with Gasteiger partial charge in [0.1, 0.15) is 0 Å². The minimum Gasteiger partial charge on any atom is -0.391 e. The molecule has 0 radical (unpaired) electrons. The number of aliphatic hydroxyl groups is 2. The Hall–Kier alpha value is -2.01. The average molecular weight is 590 g/mol. The minimum absolute atomic E-state index is 0.0449. The largest absolute Gasteiger partial charge is 0.421 e. The highest BCUT2D eigenvalue weighted by Gasteiger charge is 2.52. The number of anilines is 1. The number of alkyl halides is 3. The van der Waals surface area contributed by atoms with Crippen molar-refractivity contribution in [3.63, 3.8) is 0 Å². The molecule has 2 N–H and O–H groups in total. The van der Waals surface area contributed by atoms with Gasteiger partial charge in [-0.1, -0.05) is 24.4 Å². The quantitative estimate of drug-likeness (QED) is 0.467. The standard InChI is InChI=1S/C24H30F3N5O5S2/c1-23(34,24(25,26)27)15-9-28-22(29-10-15)31-7-6-30(39(35,36)21-5-3-2-4-20(21)38)11-17(31)12-32-16-8-19(33)18(32)14-37-13-16/h2-3,5,9-10,16-19,33-34H,4,6-8,11-14H2,1H3/t16-,17-,18-,19-,23-/m1/s1. The van der Waals surface area contributed by atoms with Crippen LogP contribution in [0.1, 0.15) is 25.3 Å². The molecule has 0 aromatic carbocycles. The Kier molecular flexibility index (Phi) is 7.63. The van der Waals surface area contributed by atoms with Crippen LogP contribution in [0, 0.1) is 0 Å². The molecule has 2 bridgehead atoms. The summed E-state index contributed by atoms with van der Waals surface area (Å²) in [6, 6.07) is -0.776. The minimum atomic E-state index is -4.92. The molecule has 15 heteroatoms. The molecule has 1 aliphatic carbocycles. The molecule has 0 amide bonds. The molecule has 0 saturated carbocycles. The van der Waals surface area contributed by atoms with E-state index >= 15 is 0 Å². The first-order valence-corrected chi connectivity index (χ1v) is 14.5. The Bertz CT molecular complexity index is 1270. The molecule has 5 atom stereocenters. The number of allylic oxidation sites excluding steroid dienone is 4. The number of thiocarbonyl (C=S) groups is 1. The highest BCUT2D eigenvalue weighted by Crippen LogP contribution is 2.38. The van der Waals surface area contributed by atoms with Crippen LogP contribution in [0.25, 0.3) is 0 Å². The third kappa shape index (κ3) is 5.25. The van der Waals surface area contributed by atoms with E-state index in [-0.39, 0.29) is 42.6 Å². The van der Waals surface area contributed by atoms with E-state index in [1.807, 2.05) is 0 Å². The maximum absolute atomic E-state index is 13.6. The molecule has 3 saturated heterocycles. The maximum Gasteiger partial charge on any atom is 0.421 e. The number of nitrogens with zero attached hydrogens (tertiary/aromatic N) is 5. The van der Waals surface area contributed by atoms with E-state index in [9.17, 15) is 31.8 Å². The third-order valence-electron chi connectivity index (χ3n) is 7.91. The summed E-state index contributed by atoms with van der Waals surface area (Å²) in [6.07, 6.45) is 2.23. The molecule has 4 heterocycles. The maximum atomic E-state index is 13.6. The van der Waals surface area contributed by atoms with Crippen molar-refractivity contribution in [3.8, 4) is 0 Å². The normalized spacial score (nSPS) is 30.4. The lowest BCUT2D eigenvalue weighted by Gasteiger charge is -2.45. The van der Waals surface area contributed by atoms with Gasteiger partial charge in [0, 0.05) is 61.5 Å². The zero-order valence-electron chi connectivity index (χ0n) is 21.2.